The number of amides is 1. The molecule has 1 aromatic rings. The largest absolute Gasteiger partial charge is 0.396 e. The Morgan fingerprint density at radius 3 is 2.74 bits per heavy atom. The van der Waals surface area contributed by atoms with Crippen molar-refractivity contribution in [3.8, 4) is 0 Å². The lowest BCUT2D eigenvalue weighted by Crippen LogP contribution is -2.44. The number of aromatic nitrogens is 2. The molecule has 0 bridgehead atoms. The van der Waals surface area contributed by atoms with Gasteiger partial charge in [-0.05, 0) is 24.7 Å². The smallest absolute Gasteiger partial charge is 0.274 e. The predicted molar refractivity (Wildman–Crippen MR) is 75.7 cm³/mol. The number of carbonyl (C=O) groups is 1. The van der Waals surface area contributed by atoms with Crippen LogP contribution in [0.5, 0.6) is 0 Å². The zero-order valence-corrected chi connectivity index (χ0v) is 12.0. The topological polar surface area (TPSA) is 72.9 Å². The molecule has 2 rings (SSSR count). The molecular formula is C14H24N4O. The highest BCUT2D eigenvalue weighted by Gasteiger charge is 2.29. The number of carbonyl (C=O) groups excluding carboxylic acids is 1. The lowest BCUT2D eigenvalue weighted by atomic mass is 9.78. The van der Waals surface area contributed by atoms with E-state index in [1.54, 1.807) is 17.9 Å². The van der Waals surface area contributed by atoms with Crippen LogP contribution in [0, 0.1) is 11.8 Å². The van der Waals surface area contributed by atoms with E-state index in [0.717, 1.165) is 6.42 Å². The van der Waals surface area contributed by atoms with Crippen LogP contribution < -0.4 is 11.1 Å². The third-order valence-electron chi connectivity index (χ3n) is 4.06. The molecule has 2 unspecified atom stereocenters. The van der Waals surface area contributed by atoms with Crippen LogP contribution >= 0.6 is 0 Å². The normalized spacial score (nSPS) is 23.6. The fraction of sp³-hybridized carbons (Fsp3) is 0.714. The molecule has 3 N–H and O–H groups in total. The molecule has 5 nitrogen and oxygen atoms in total. The monoisotopic (exact) mass is 264 g/mol. The molecule has 1 heterocycles. The molecule has 19 heavy (non-hydrogen) atoms. The number of aryl methyl sites for hydroxylation is 1. The molecule has 1 aromatic heterocycles. The molecule has 0 aromatic carbocycles. The van der Waals surface area contributed by atoms with E-state index < -0.39 is 0 Å². The van der Waals surface area contributed by atoms with Gasteiger partial charge in [0.25, 0.3) is 5.91 Å². The fourth-order valence-corrected chi connectivity index (χ4v) is 3.06. The summed E-state index contributed by atoms with van der Waals surface area (Å²) in [5.74, 6) is 1.00. The molecule has 2 atom stereocenters. The number of nitrogens with one attached hydrogen (secondary N) is 1. The number of nitrogen functional groups attached to an aromatic ring is 1. The van der Waals surface area contributed by atoms with Gasteiger partial charge < -0.3 is 11.1 Å². The Morgan fingerprint density at radius 2 is 2.16 bits per heavy atom. The summed E-state index contributed by atoms with van der Waals surface area (Å²) < 4.78 is 1.57. The number of anilines is 1. The van der Waals surface area contributed by atoms with E-state index >= 15 is 0 Å². The maximum atomic E-state index is 12.2. The first-order valence-corrected chi connectivity index (χ1v) is 7.09. The average molecular weight is 264 g/mol. The van der Waals surface area contributed by atoms with Crippen LogP contribution in [0.2, 0.25) is 0 Å². The Morgan fingerprint density at radius 1 is 1.47 bits per heavy atom. The van der Waals surface area contributed by atoms with Gasteiger partial charge >= 0.3 is 0 Å². The summed E-state index contributed by atoms with van der Waals surface area (Å²) in [6.07, 6.45) is 6.37. The van der Waals surface area contributed by atoms with Gasteiger partial charge in [-0.1, -0.05) is 26.7 Å². The Kier molecular flexibility index (Phi) is 4.12. The SMILES string of the molecule is CC(C)C1CCCCC1NC(=O)c1nn(C)cc1N. The number of nitrogens with two attached hydrogens (primary N) is 1. The minimum absolute atomic E-state index is 0.143. The Labute approximate surface area is 114 Å². The van der Waals surface area contributed by atoms with E-state index in [0.29, 0.717) is 23.2 Å². The number of hydrogen-bond donors (Lipinski definition) is 2. The van der Waals surface area contributed by atoms with Crippen molar-refractivity contribution in [1.82, 2.24) is 15.1 Å². The van der Waals surface area contributed by atoms with E-state index in [4.69, 9.17) is 5.73 Å². The summed E-state index contributed by atoms with van der Waals surface area (Å²) in [7, 11) is 1.77. The summed E-state index contributed by atoms with van der Waals surface area (Å²) in [4.78, 5) is 12.2. The predicted octanol–water partition coefficient (Wildman–Crippen LogP) is 1.95. The van der Waals surface area contributed by atoms with Crippen molar-refractivity contribution in [2.24, 2.45) is 18.9 Å². The van der Waals surface area contributed by atoms with Gasteiger partial charge in [-0.2, -0.15) is 5.10 Å². The van der Waals surface area contributed by atoms with E-state index in [1.807, 2.05) is 0 Å². The van der Waals surface area contributed by atoms with Gasteiger partial charge in [-0.15, -0.1) is 0 Å². The lowest BCUT2D eigenvalue weighted by Gasteiger charge is -2.34. The van der Waals surface area contributed by atoms with Crippen molar-refractivity contribution >= 4 is 11.6 Å². The molecule has 1 aliphatic rings. The second-order valence-corrected chi connectivity index (χ2v) is 5.88. The molecule has 0 aliphatic heterocycles. The van der Waals surface area contributed by atoms with Gasteiger partial charge in [0.2, 0.25) is 0 Å². The number of rotatable bonds is 3. The molecular weight excluding hydrogens is 240 g/mol. The van der Waals surface area contributed by atoms with E-state index in [1.165, 1.54) is 19.3 Å². The second kappa shape index (κ2) is 5.63. The molecule has 0 saturated heterocycles. The molecule has 5 heteroatoms. The highest BCUT2D eigenvalue weighted by atomic mass is 16.2. The van der Waals surface area contributed by atoms with Crippen molar-refractivity contribution < 1.29 is 4.79 Å². The summed E-state index contributed by atoms with van der Waals surface area (Å²) in [5.41, 5.74) is 6.58. The Bertz CT molecular complexity index is 452. The van der Waals surface area contributed by atoms with Crippen LogP contribution in [0.1, 0.15) is 50.0 Å². The van der Waals surface area contributed by atoms with Crippen molar-refractivity contribution in [2.45, 2.75) is 45.6 Å². The maximum Gasteiger partial charge on any atom is 0.274 e. The first-order chi connectivity index (χ1) is 8.99. The highest BCUT2D eigenvalue weighted by molar-refractivity contribution is 5.97. The molecule has 0 radical (unpaired) electrons. The quantitative estimate of drug-likeness (QED) is 0.876. The Hall–Kier alpha value is -1.52. The third-order valence-corrected chi connectivity index (χ3v) is 4.06. The van der Waals surface area contributed by atoms with E-state index in [9.17, 15) is 4.79 Å². The minimum Gasteiger partial charge on any atom is -0.396 e. The molecule has 0 spiro atoms. The maximum absolute atomic E-state index is 12.2. The van der Waals surface area contributed by atoms with E-state index in [-0.39, 0.29) is 11.9 Å². The van der Waals surface area contributed by atoms with Gasteiger partial charge in [-0.3, -0.25) is 9.48 Å². The molecule has 1 saturated carbocycles. The third kappa shape index (κ3) is 3.08. The van der Waals surface area contributed by atoms with Crippen molar-refractivity contribution in [3.05, 3.63) is 11.9 Å². The fourth-order valence-electron chi connectivity index (χ4n) is 3.06. The van der Waals surface area contributed by atoms with Crippen LogP contribution in [0.4, 0.5) is 5.69 Å². The van der Waals surface area contributed by atoms with Crippen LogP contribution in [-0.2, 0) is 7.05 Å². The van der Waals surface area contributed by atoms with Crippen LogP contribution in [0.25, 0.3) is 0 Å². The van der Waals surface area contributed by atoms with Crippen LogP contribution in [-0.4, -0.2) is 21.7 Å². The van der Waals surface area contributed by atoms with Crippen molar-refractivity contribution in [2.75, 3.05) is 5.73 Å². The van der Waals surface area contributed by atoms with Gasteiger partial charge in [0.1, 0.15) is 0 Å². The molecule has 1 fully saturated rings. The average Bonchev–Trinajstić information content (AvgIpc) is 2.69. The zero-order chi connectivity index (χ0) is 14.0. The minimum atomic E-state index is -0.143. The van der Waals surface area contributed by atoms with Gasteiger partial charge in [0.15, 0.2) is 5.69 Å². The molecule has 1 aliphatic carbocycles. The highest BCUT2D eigenvalue weighted by Crippen LogP contribution is 2.30. The first-order valence-electron chi connectivity index (χ1n) is 7.09. The van der Waals surface area contributed by atoms with Crippen LogP contribution in [0.15, 0.2) is 6.20 Å². The van der Waals surface area contributed by atoms with Crippen LogP contribution in [0.3, 0.4) is 0 Å². The standard InChI is InChI=1S/C14H24N4O/c1-9(2)10-6-4-5-7-12(10)16-14(19)13-11(15)8-18(3)17-13/h8-10,12H,4-7,15H2,1-3H3,(H,16,19). The summed E-state index contributed by atoms with van der Waals surface area (Å²) in [6, 6.07) is 0.252. The van der Waals surface area contributed by atoms with Crippen molar-refractivity contribution in [1.29, 1.82) is 0 Å². The first kappa shape index (κ1) is 13.9. The number of nitrogens with zero attached hydrogens (tertiary/aromatic N) is 2. The van der Waals surface area contributed by atoms with E-state index in [2.05, 4.69) is 24.3 Å². The van der Waals surface area contributed by atoms with Gasteiger partial charge in [0.05, 0.1) is 5.69 Å². The van der Waals surface area contributed by atoms with Gasteiger partial charge in [-0.25, -0.2) is 0 Å². The second-order valence-electron chi connectivity index (χ2n) is 5.88. The molecule has 1 amide bonds. The lowest BCUT2D eigenvalue weighted by molar-refractivity contribution is 0.0884. The van der Waals surface area contributed by atoms with Crippen molar-refractivity contribution in [3.63, 3.8) is 0 Å². The summed E-state index contributed by atoms with van der Waals surface area (Å²) >= 11 is 0. The number of hydrogen-bond acceptors (Lipinski definition) is 3. The zero-order valence-electron chi connectivity index (χ0n) is 12.0. The van der Waals surface area contributed by atoms with Gasteiger partial charge in [0, 0.05) is 19.3 Å². The molecule has 106 valence electrons. The Balaban J connectivity index is 2.07. The summed E-state index contributed by atoms with van der Waals surface area (Å²) in [6.45, 7) is 4.45. The summed E-state index contributed by atoms with van der Waals surface area (Å²) in [5, 5.41) is 7.25.